The highest BCUT2D eigenvalue weighted by Crippen LogP contribution is 2.41. The van der Waals surface area contributed by atoms with Gasteiger partial charge in [-0.3, -0.25) is 19.3 Å². The minimum absolute atomic E-state index is 0.0254. The van der Waals surface area contributed by atoms with Crippen LogP contribution in [0.25, 0.3) is 0 Å². The van der Waals surface area contributed by atoms with E-state index in [1.165, 1.54) is 12.0 Å². The Morgan fingerprint density at radius 1 is 0.929 bits per heavy atom. The molecule has 42 heavy (non-hydrogen) atoms. The first-order valence-corrected chi connectivity index (χ1v) is 13.8. The molecule has 2 aliphatic rings. The van der Waals surface area contributed by atoms with Gasteiger partial charge >= 0.3 is 24.0 Å². The summed E-state index contributed by atoms with van der Waals surface area (Å²) in [6, 6.07) is 4.00. The lowest BCUT2D eigenvalue weighted by Gasteiger charge is -2.48. The number of aldehydes is 1. The fourth-order valence-corrected chi connectivity index (χ4v) is 5.34. The molecule has 1 unspecified atom stereocenters. The molecule has 0 spiro atoms. The van der Waals surface area contributed by atoms with Gasteiger partial charge in [0, 0.05) is 5.92 Å². The number of rotatable bonds is 8. The van der Waals surface area contributed by atoms with E-state index in [1.54, 1.807) is 71.9 Å². The smallest absolute Gasteiger partial charge is 0.411 e. The number of carbonyl (C=O) groups is 6. The number of piperazine rings is 1. The maximum atomic E-state index is 14.2. The van der Waals surface area contributed by atoms with Crippen LogP contribution in [0.5, 0.6) is 0 Å². The molecular formula is C30H40N2O10. The third kappa shape index (κ3) is 7.86. The number of amides is 2. The molecule has 12 nitrogen and oxygen atoms in total. The highest BCUT2D eigenvalue weighted by molar-refractivity contribution is 5.96. The summed E-state index contributed by atoms with van der Waals surface area (Å²) in [6.45, 7) is 9.79. The molecule has 1 aromatic carbocycles. The summed E-state index contributed by atoms with van der Waals surface area (Å²) in [7, 11) is 1.18. The van der Waals surface area contributed by atoms with E-state index >= 15 is 0 Å². The molecule has 0 aromatic heterocycles. The van der Waals surface area contributed by atoms with Crippen molar-refractivity contribution >= 4 is 36.2 Å². The molecule has 2 heterocycles. The molecule has 230 valence electrons. The van der Waals surface area contributed by atoms with Gasteiger partial charge in [-0.15, -0.1) is 0 Å². The van der Waals surface area contributed by atoms with Gasteiger partial charge in [0.15, 0.2) is 0 Å². The lowest BCUT2D eigenvalue weighted by atomic mass is 9.92. The Labute approximate surface area is 245 Å². The molecule has 0 saturated carbocycles. The average Bonchev–Trinajstić information content (AvgIpc) is 3.29. The van der Waals surface area contributed by atoms with Gasteiger partial charge in [0.25, 0.3) is 0 Å². The molecule has 0 N–H and O–H groups in total. The van der Waals surface area contributed by atoms with Crippen LogP contribution >= 0.6 is 0 Å². The molecule has 0 radical (unpaired) electrons. The van der Waals surface area contributed by atoms with E-state index in [9.17, 15) is 28.8 Å². The van der Waals surface area contributed by atoms with E-state index in [0.717, 1.165) is 4.90 Å². The Balaban J connectivity index is 2.08. The number of fused-ring (bicyclic) bond motifs is 1. The first-order valence-electron chi connectivity index (χ1n) is 13.8. The Kier molecular flexibility index (Phi) is 10.0. The number of esters is 3. The third-order valence-corrected chi connectivity index (χ3v) is 6.88. The molecule has 2 saturated heterocycles. The van der Waals surface area contributed by atoms with Crippen molar-refractivity contribution in [2.24, 2.45) is 5.92 Å². The van der Waals surface area contributed by atoms with Gasteiger partial charge in [0.05, 0.1) is 32.0 Å². The van der Waals surface area contributed by atoms with Gasteiger partial charge in [-0.1, -0.05) is 30.3 Å². The Bertz CT molecular complexity index is 1190. The monoisotopic (exact) mass is 588 g/mol. The van der Waals surface area contributed by atoms with Gasteiger partial charge in [-0.25, -0.2) is 9.59 Å². The molecule has 2 amide bonds. The van der Waals surface area contributed by atoms with Crippen molar-refractivity contribution in [2.45, 2.75) is 103 Å². The number of methoxy groups -OCH3 is 1. The van der Waals surface area contributed by atoms with Crippen LogP contribution in [0, 0.1) is 5.92 Å². The van der Waals surface area contributed by atoms with Crippen LogP contribution < -0.4 is 0 Å². The SMILES string of the molecule is COC(=O)C[C@@H]1C2C[C@H](C=O)[C@@H](C(=O)OC(C)(C)C)N2C(=O)[C@H](CC(=O)OC(C)(C)C)N1C(=O)OCc1ccccc1. The molecule has 2 aliphatic heterocycles. The molecule has 1 aromatic rings. The van der Waals surface area contributed by atoms with Crippen LogP contribution in [-0.4, -0.2) is 88.5 Å². The van der Waals surface area contributed by atoms with Crippen LogP contribution in [0.15, 0.2) is 30.3 Å². The van der Waals surface area contributed by atoms with Crippen molar-refractivity contribution < 1.29 is 47.7 Å². The van der Waals surface area contributed by atoms with Crippen molar-refractivity contribution in [3.8, 4) is 0 Å². The number of ether oxygens (including phenoxy) is 4. The number of benzene rings is 1. The van der Waals surface area contributed by atoms with Crippen molar-refractivity contribution in [1.82, 2.24) is 9.80 Å². The maximum Gasteiger partial charge on any atom is 0.411 e. The quantitative estimate of drug-likeness (QED) is 0.252. The van der Waals surface area contributed by atoms with Gasteiger partial charge in [0.1, 0.15) is 36.2 Å². The van der Waals surface area contributed by atoms with Crippen molar-refractivity contribution in [3.63, 3.8) is 0 Å². The van der Waals surface area contributed by atoms with E-state index in [4.69, 9.17) is 18.9 Å². The molecule has 2 fully saturated rings. The zero-order chi connectivity index (χ0) is 31.4. The Morgan fingerprint density at radius 2 is 1.55 bits per heavy atom. The average molecular weight is 589 g/mol. The fourth-order valence-electron chi connectivity index (χ4n) is 5.34. The summed E-state index contributed by atoms with van der Waals surface area (Å²) in [5.74, 6) is -4.02. The minimum atomic E-state index is -1.50. The topological polar surface area (TPSA) is 146 Å². The van der Waals surface area contributed by atoms with Crippen molar-refractivity contribution in [2.75, 3.05) is 7.11 Å². The number of nitrogens with zero attached hydrogens (tertiary/aromatic N) is 2. The van der Waals surface area contributed by atoms with Crippen LogP contribution in [0.4, 0.5) is 4.79 Å². The predicted octanol–water partition coefficient (Wildman–Crippen LogP) is 2.80. The predicted molar refractivity (Wildman–Crippen MR) is 148 cm³/mol. The molecule has 0 aliphatic carbocycles. The lowest BCUT2D eigenvalue weighted by molar-refractivity contribution is -0.172. The van der Waals surface area contributed by atoms with Crippen LogP contribution in [0.2, 0.25) is 0 Å². The fraction of sp³-hybridized carbons (Fsp3) is 0.600. The van der Waals surface area contributed by atoms with E-state index in [0.29, 0.717) is 11.8 Å². The summed E-state index contributed by atoms with van der Waals surface area (Å²) in [5.41, 5.74) is -1.14. The first-order chi connectivity index (χ1) is 19.6. The maximum absolute atomic E-state index is 14.2. The molecular weight excluding hydrogens is 548 g/mol. The standard InChI is InChI=1S/C30H40N2O10/c1-29(2,3)41-24(35)15-22-26(36)32-20(13-19(16-33)25(32)27(37)42-30(4,5)6)21(14-23(34)39-7)31(22)28(38)40-17-18-11-9-8-10-12-18/h8-12,16,19-22,25H,13-15,17H2,1-7H3/t19-,20?,21-,22+,25+/m1/s1. The van der Waals surface area contributed by atoms with E-state index in [1.807, 2.05) is 0 Å². The Hall–Kier alpha value is -3.96. The second-order valence-electron chi connectivity index (χ2n) is 12.4. The van der Waals surface area contributed by atoms with Crippen LogP contribution in [-0.2, 0) is 49.5 Å². The van der Waals surface area contributed by atoms with E-state index < -0.39 is 77.6 Å². The summed E-state index contributed by atoms with van der Waals surface area (Å²) in [6.07, 6.45) is -1.37. The number of hydrogen-bond donors (Lipinski definition) is 0. The summed E-state index contributed by atoms with van der Waals surface area (Å²) >= 11 is 0. The van der Waals surface area contributed by atoms with Gasteiger partial charge in [-0.2, -0.15) is 0 Å². The molecule has 5 atom stereocenters. The molecule has 12 heteroatoms. The second kappa shape index (κ2) is 12.9. The number of carbonyl (C=O) groups excluding carboxylic acids is 6. The van der Waals surface area contributed by atoms with Crippen molar-refractivity contribution in [1.29, 1.82) is 0 Å². The molecule has 0 bridgehead atoms. The second-order valence-corrected chi connectivity index (χ2v) is 12.4. The normalized spacial score (nSPS) is 24.0. The van der Waals surface area contributed by atoms with Crippen molar-refractivity contribution in [3.05, 3.63) is 35.9 Å². The first kappa shape index (κ1) is 32.6. The Morgan fingerprint density at radius 3 is 2.10 bits per heavy atom. The highest BCUT2D eigenvalue weighted by atomic mass is 16.6. The van der Waals surface area contributed by atoms with Crippen LogP contribution in [0.3, 0.4) is 0 Å². The minimum Gasteiger partial charge on any atom is -0.469 e. The third-order valence-electron chi connectivity index (χ3n) is 6.88. The van der Waals surface area contributed by atoms with E-state index in [2.05, 4.69) is 0 Å². The largest absolute Gasteiger partial charge is 0.469 e. The van der Waals surface area contributed by atoms with E-state index in [-0.39, 0.29) is 19.4 Å². The lowest BCUT2D eigenvalue weighted by Crippen LogP contribution is -2.69. The van der Waals surface area contributed by atoms with Crippen LogP contribution in [0.1, 0.15) is 66.4 Å². The summed E-state index contributed by atoms with van der Waals surface area (Å²) in [5, 5.41) is 0. The van der Waals surface area contributed by atoms with Gasteiger partial charge in [-0.05, 0) is 53.5 Å². The highest BCUT2D eigenvalue weighted by Gasteiger charge is 2.60. The summed E-state index contributed by atoms with van der Waals surface area (Å²) in [4.78, 5) is 81.3. The van der Waals surface area contributed by atoms with Gasteiger partial charge < -0.3 is 28.6 Å². The van der Waals surface area contributed by atoms with Gasteiger partial charge in [0.2, 0.25) is 5.91 Å². The zero-order valence-electron chi connectivity index (χ0n) is 25.2. The number of hydrogen-bond acceptors (Lipinski definition) is 10. The summed E-state index contributed by atoms with van der Waals surface area (Å²) < 4.78 is 21.5. The zero-order valence-corrected chi connectivity index (χ0v) is 25.2. The molecule has 3 rings (SSSR count).